The van der Waals surface area contributed by atoms with Crippen LogP contribution in [0.25, 0.3) is 11.1 Å². The predicted octanol–water partition coefficient (Wildman–Crippen LogP) is 4.54. The van der Waals surface area contributed by atoms with Gasteiger partial charge in [-0.3, -0.25) is 4.79 Å². The summed E-state index contributed by atoms with van der Waals surface area (Å²) in [5.41, 5.74) is 6.24. The van der Waals surface area contributed by atoms with E-state index in [0.29, 0.717) is 63.5 Å². The average molecular weight is 657 g/mol. The molecule has 1 aliphatic carbocycles. The molecule has 7 rings (SSSR count). The van der Waals surface area contributed by atoms with Gasteiger partial charge in [-0.05, 0) is 73.5 Å². The van der Waals surface area contributed by atoms with Crippen molar-refractivity contribution in [3.8, 4) is 11.1 Å². The summed E-state index contributed by atoms with van der Waals surface area (Å²) in [7, 11) is -7.66. The van der Waals surface area contributed by atoms with Crippen LogP contribution in [-0.4, -0.2) is 83.6 Å². The topological polar surface area (TPSA) is 98.3 Å². The second-order valence-corrected chi connectivity index (χ2v) is 16.1. The largest absolute Gasteiger partial charge is 0.369 e. The molecule has 2 aliphatic heterocycles. The van der Waals surface area contributed by atoms with Crippen LogP contribution in [0.2, 0.25) is 0 Å². The zero-order chi connectivity index (χ0) is 32.2. The molecule has 11 heteroatoms. The highest BCUT2D eigenvalue weighted by molar-refractivity contribution is 7.89. The lowest BCUT2D eigenvalue weighted by atomic mass is 10.1. The fourth-order valence-electron chi connectivity index (χ4n) is 6.54. The molecule has 4 aromatic carbocycles. The Morgan fingerprint density at radius 3 is 1.15 bits per heavy atom. The number of carbonyl (C=O) groups excluding carboxylic acids is 1. The molecule has 0 bridgehead atoms. The third-order valence-corrected chi connectivity index (χ3v) is 13.1. The molecule has 0 aromatic heterocycles. The van der Waals surface area contributed by atoms with Crippen molar-refractivity contribution in [2.45, 2.75) is 23.6 Å². The van der Waals surface area contributed by atoms with E-state index in [2.05, 4.69) is 9.80 Å². The van der Waals surface area contributed by atoms with Gasteiger partial charge in [0, 0.05) is 74.9 Å². The van der Waals surface area contributed by atoms with Gasteiger partial charge in [-0.25, -0.2) is 16.8 Å². The first-order chi connectivity index (χ1) is 22.0. The lowest BCUT2D eigenvalue weighted by Gasteiger charge is -2.35. The molecule has 0 amide bonds. The molecule has 3 aliphatic rings. The zero-order valence-electron chi connectivity index (χ0n) is 25.9. The Balaban J connectivity index is 1.06. The number of hydrogen-bond donors (Lipinski definition) is 0. The average Bonchev–Trinajstić information content (AvgIpc) is 3.36. The summed E-state index contributed by atoms with van der Waals surface area (Å²) >= 11 is 0. The second-order valence-electron chi connectivity index (χ2n) is 12.2. The quantitative estimate of drug-likeness (QED) is 0.265. The third kappa shape index (κ3) is 5.41. The highest BCUT2D eigenvalue weighted by atomic mass is 32.2. The van der Waals surface area contributed by atoms with E-state index in [9.17, 15) is 21.6 Å². The summed E-state index contributed by atoms with van der Waals surface area (Å²) in [4.78, 5) is 18.1. The van der Waals surface area contributed by atoms with Gasteiger partial charge < -0.3 is 9.80 Å². The predicted molar refractivity (Wildman–Crippen MR) is 180 cm³/mol. The van der Waals surface area contributed by atoms with Gasteiger partial charge in [-0.15, -0.1) is 0 Å². The SMILES string of the molecule is Cc1ccc(N2CCN(S(=O)(=O)c3ccc4c(c3)C(=O)c3cc(S(=O)(=O)N5CCN(c6ccc(C)cc6)CC5)ccc3-4)CC2)cc1. The van der Waals surface area contributed by atoms with E-state index >= 15 is 0 Å². The van der Waals surface area contributed by atoms with E-state index in [1.165, 1.54) is 31.9 Å². The summed E-state index contributed by atoms with van der Waals surface area (Å²) < 4.78 is 57.5. The minimum Gasteiger partial charge on any atom is -0.369 e. The van der Waals surface area contributed by atoms with Gasteiger partial charge in [0.15, 0.2) is 5.78 Å². The first-order valence-corrected chi connectivity index (χ1v) is 18.4. The van der Waals surface area contributed by atoms with E-state index in [1.807, 2.05) is 62.4 Å². The minimum atomic E-state index is -3.83. The fourth-order valence-corrected chi connectivity index (χ4v) is 9.44. The number of aryl methyl sites for hydroxylation is 2. The molecule has 0 spiro atoms. The maximum absolute atomic E-state index is 13.7. The Morgan fingerprint density at radius 1 is 0.457 bits per heavy atom. The number of anilines is 2. The Bertz CT molecular complexity index is 1880. The van der Waals surface area contributed by atoms with Gasteiger partial charge in [0.1, 0.15) is 0 Å². The Hall–Kier alpha value is -4.03. The van der Waals surface area contributed by atoms with Crippen LogP contribution in [0, 0.1) is 13.8 Å². The van der Waals surface area contributed by atoms with Crippen molar-refractivity contribution < 1.29 is 21.6 Å². The van der Waals surface area contributed by atoms with E-state index in [1.54, 1.807) is 24.3 Å². The molecular weight excluding hydrogens is 621 g/mol. The van der Waals surface area contributed by atoms with Crippen molar-refractivity contribution in [1.82, 2.24) is 8.61 Å². The van der Waals surface area contributed by atoms with E-state index in [4.69, 9.17) is 0 Å². The fraction of sp³-hybridized carbons (Fsp3) is 0.286. The summed E-state index contributed by atoms with van der Waals surface area (Å²) in [6, 6.07) is 25.7. The summed E-state index contributed by atoms with van der Waals surface area (Å²) in [6.45, 7) is 7.67. The van der Waals surface area contributed by atoms with Gasteiger partial charge in [0.05, 0.1) is 9.79 Å². The van der Waals surface area contributed by atoms with Gasteiger partial charge in [0.25, 0.3) is 0 Å². The van der Waals surface area contributed by atoms with Gasteiger partial charge in [-0.1, -0.05) is 47.5 Å². The summed E-state index contributed by atoms with van der Waals surface area (Å²) in [5.74, 6) is -0.368. The molecule has 238 valence electrons. The Labute approximate surface area is 270 Å². The maximum atomic E-state index is 13.7. The van der Waals surface area contributed by atoms with Crippen LogP contribution in [0.15, 0.2) is 94.7 Å². The van der Waals surface area contributed by atoms with E-state index in [0.717, 1.165) is 11.4 Å². The number of carbonyl (C=O) groups is 1. The zero-order valence-corrected chi connectivity index (χ0v) is 27.5. The highest BCUT2D eigenvalue weighted by Gasteiger charge is 2.35. The van der Waals surface area contributed by atoms with Crippen LogP contribution in [0.5, 0.6) is 0 Å². The Morgan fingerprint density at radius 2 is 0.804 bits per heavy atom. The number of rotatable bonds is 6. The molecule has 0 atom stereocenters. The molecule has 0 saturated carbocycles. The van der Waals surface area contributed by atoms with Crippen molar-refractivity contribution in [3.63, 3.8) is 0 Å². The number of fused-ring (bicyclic) bond motifs is 3. The summed E-state index contributed by atoms with van der Waals surface area (Å²) in [6.07, 6.45) is 0. The molecule has 0 N–H and O–H groups in total. The van der Waals surface area contributed by atoms with Crippen molar-refractivity contribution >= 4 is 37.2 Å². The monoisotopic (exact) mass is 656 g/mol. The van der Waals surface area contributed by atoms with Crippen LogP contribution < -0.4 is 9.80 Å². The lowest BCUT2D eigenvalue weighted by molar-refractivity contribution is 0.104. The molecule has 46 heavy (non-hydrogen) atoms. The molecule has 0 radical (unpaired) electrons. The number of piperazine rings is 2. The van der Waals surface area contributed by atoms with E-state index < -0.39 is 20.0 Å². The van der Waals surface area contributed by atoms with Crippen LogP contribution in [0.1, 0.15) is 27.0 Å². The Kier molecular flexibility index (Phi) is 7.75. The van der Waals surface area contributed by atoms with E-state index in [-0.39, 0.29) is 26.7 Å². The van der Waals surface area contributed by atoms with Gasteiger partial charge in [0.2, 0.25) is 20.0 Å². The van der Waals surface area contributed by atoms with Crippen molar-refractivity contribution in [3.05, 3.63) is 107 Å². The van der Waals surface area contributed by atoms with Crippen molar-refractivity contribution in [2.75, 3.05) is 62.2 Å². The molecular formula is C35H36N4O5S2. The normalized spacial score (nSPS) is 17.7. The number of hydrogen-bond acceptors (Lipinski definition) is 7. The lowest BCUT2D eigenvalue weighted by Crippen LogP contribution is -2.48. The highest BCUT2D eigenvalue weighted by Crippen LogP contribution is 2.39. The molecule has 9 nitrogen and oxygen atoms in total. The standard InChI is InChI=1S/C35H36N4O5S2/c1-25-3-7-27(8-4-25)36-15-19-38(20-16-36)45(41,42)29-11-13-31-32-14-12-30(24-34(32)35(40)33(31)23-29)46(43,44)39-21-17-37(18-22-39)28-9-5-26(2)6-10-28/h3-14,23-24H,15-22H2,1-2H3. The number of ketones is 1. The maximum Gasteiger partial charge on any atom is 0.243 e. The second kappa shape index (κ2) is 11.6. The number of sulfonamides is 2. The summed E-state index contributed by atoms with van der Waals surface area (Å²) in [5, 5.41) is 0. The van der Waals surface area contributed by atoms with Crippen LogP contribution in [-0.2, 0) is 20.0 Å². The first kappa shape index (κ1) is 30.6. The molecule has 2 saturated heterocycles. The van der Waals surface area contributed by atoms with Crippen molar-refractivity contribution in [1.29, 1.82) is 0 Å². The van der Waals surface area contributed by atoms with Gasteiger partial charge in [-0.2, -0.15) is 8.61 Å². The van der Waals surface area contributed by atoms with Crippen LogP contribution in [0.4, 0.5) is 11.4 Å². The molecule has 2 heterocycles. The third-order valence-electron chi connectivity index (χ3n) is 9.31. The molecule has 4 aromatic rings. The minimum absolute atomic E-state index is 0.0653. The van der Waals surface area contributed by atoms with Crippen LogP contribution >= 0.6 is 0 Å². The molecule has 0 unspecified atom stereocenters. The number of nitrogens with zero attached hydrogens (tertiary/aromatic N) is 4. The van der Waals surface area contributed by atoms with Crippen molar-refractivity contribution in [2.24, 2.45) is 0 Å². The smallest absolute Gasteiger partial charge is 0.243 e. The number of benzene rings is 4. The van der Waals surface area contributed by atoms with Crippen LogP contribution in [0.3, 0.4) is 0 Å². The van der Waals surface area contributed by atoms with Gasteiger partial charge >= 0.3 is 0 Å². The molecule has 2 fully saturated rings. The first-order valence-electron chi connectivity index (χ1n) is 15.5.